The van der Waals surface area contributed by atoms with Crippen LogP contribution in [0, 0.1) is 0 Å². The molecular formula is C16H26N4S. The summed E-state index contributed by atoms with van der Waals surface area (Å²) in [5.74, 6) is 0. The first-order chi connectivity index (χ1) is 9.85. The van der Waals surface area contributed by atoms with Crippen LogP contribution < -0.4 is 5.32 Å². The van der Waals surface area contributed by atoms with E-state index in [0.717, 1.165) is 12.8 Å². The number of hydrogen-bond acceptors (Lipinski definition) is 4. The average molecular weight is 306 g/mol. The summed E-state index contributed by atoms with van der Waals surface area (Å²) in [6.45, 7) is 8.77. The first kappa shape index (κ1) is 16.2. The predicted molar refractivity (Wildman–Crippen MR) is 88.9 cm³/mol. The maximum absolute atomic E-state index is 4.81. The van der Waals surface area contributed by atoms with Crippen LogP contribution >= 0.6 is 11.3 Å². The molecule has 0 aromatic carbocycles. The third kappa shape index (κ3) is 3.71. The van der Waals surface area contributed by atoms with Crippen LogP contribution in [-0.4, -0.2) is 21.8 Å². The minimum atomic E-state index is 0.118. The number of rotatable bonds is 5. The summed E-state index contributed by atoms with van der Waals surface area (Å²) in [4.78, 5) is 4.81. The summed E-state index contributed by atoms with van der Waals surface area (Å²) in [6.07, 6.45) is 3.99. The molecule has 2 heterocycles. The fourth-order valence-electron chi connectivity index (χ4n) is 2.41. The lowest BCUT2D eigenvalue weighted by molar-refractivity contribution is 0.558. The van der Waals surface area contributed by atoms with E-state index >= 15 is 0 Å². The first-order valence-corrected chi connectivity index (χ1v) is 8.37. The third-order valence-corrected chi connectivity index (χ3v) is 4.57. The van der Waals surface area contributed by atoms with E-state index in [-0.39, 0.29) is 11.5 Å². The molecule has 4 nitrogen and oxygen atoms in total. The van der Waals surface area contributed by atoms with Crippen molar-refractivity contribution in [3.05, 3.63) is 33.5 Å². The quantitative estimate of drug-likeness (QED) is 0.922. The highest BCUT2D eigenvalue weighted by molar-refractivity contribution is 7.09. The molecule has 0 aliphatic heterocycles. The Morgan fingerprint density at radius 1 is 1.38 bits per heavy atom. The maximum Gasteiger partial charge on any atom is 0.0947 e. The topological polar surface area (TPSA) is 42.7 Å². The van der Waals surface area contributed by atoms with Crippen LogP contribution in [0.1, 0.15) is 55.7 Å². The lowest BCUT2D eigenvalue weighted by Crippen LogP contribution is -2.20. The van der Waals surface area contributed by atoms with Gasteiger partial charge in [0.25, 0.3) is 0 Å². The Kier molecular flexibility index (Phi) is 4.84. The monoisotopic (exact) mass is 306 g/mol. The molecule has 0 aliphatic carbocycles. The van der Waals surface area contributed by atoms with Crippen LogP contribution in [-0.2, 0) is 25.3 Å². The van der Waals surface area contributed by atoms with Crippen LogP contribution in [0.5, 0.6) is 0 Å². The van der Waals surface area contributed by atoms with Crippen molar-refractivity contribution in [1.82, 2.24) is 20.1 Å². The fraction of sp³-hybridized carbons (Fsp3) is 0.625. The number of nitrogens with one attached hydrogen (secondary N) is 1. The molecule has 2 aromatic heterocycles. The molecule has 2 rings (SSSR count). The van der Waals surface area contributed by atoms with Crippen molar-refractivity contribution < 1.29 is 0 Å². The Morgan fingerprint density at radius 3 is 2.62 bits per heavy atom. The Morgan fingerprint density at radius 2 is 2.10 bits per heavy atom. The van der Waals surface area contributed by atoms with Gasteiger partial charge in [0, 0.05) is 42.1 Å². The van der Waals surface area contributed by atoms with Gasteiger partial charge in [-0.1, -0.05) is 27.7 Å². The highest BCUT2D eigenvalue weighted by Gasteiger charge is 2.21. The highest BCUT2D eigenvalue weighted by atomic mass is 32.1. The number of hydrogen-bond donors (Lipinski definition) is 1. The minimum Gasteiger partial charge on any atom is -0.313 e. The van der Waals surface area contributed by atoms with Gasteiger partial charge < -0.3 is 5.32 Å². The van der Waals surface area contributed by atoms with Gasteiger partial charge in [-0.25, -0.2) is 4.98 Å². The van der Waals surface area contributed by atoms with E-state index in [1.165, 1.54) is 22.0 Å². The lowest BCUT2D eigenvalue weighted by atomic mass is 9.93. The smallest absolute Gasteiger partial charge is 0.0947 e. The zero-order valence-corrected chi connectivity index (χ0v) is 14.7. The molecule has 2 aromatic rings. The molecular weight excluding hydrogens is 280 g/mol. The van der Waals surface area contributed by atoms with Crippen LogP contribution in [0.4, 0.5) is 0 Å². The van der Waals surface area contributed by atoms with E-state index < -0.39 is 0 Å². The number of likely N-dealkylation sites (N-methyl/N-ethyl adjacent to an activating group) is 1. The molecule has 1 atom stereocenters. The molecule has 5 heteroatoms. The normalized spacial score (nSPS) is 13.6. The maximum atomic E-state index is 4.81. The van der Waals surface area contributed by atoms with Crippen molar-refractivity contribution >= 4 is 11.3 Å². The first-order valence-electron chi connectivity index (χ1n) is 7.49. The Labute approximate surface area is 131 Å². The molecule has 0 bridgehead atoms. The van der Waals surface area contributed by atoms with Crippen molar-refractivity contribution in [2.24, 2.45) is 7.05 Å². The predicted octanol–water partition coefficient (Wildman–Crippen LogP) is 3.24. The molecule has 1 unspecified atom stereocenters. The minimum absolute atomic E-state index is 0.118. The van der Waals surface area contributed by atoms with E-state index in [1.54, 1.807) is 11.3 Å². The van der Waals surface area contributed by atoms with E-state index in [2.05, 4.69) is 49.7 Å². The van der Waals surface area contributed by atoms with Crippen LogP contribution in [0.3, 0.4) is 0 Å². The standard InChI is InChI=1S/C16H26N4S/c1-7-12-11(9-20(6)19-12)13(17-5)8-15-18-14(10-21-15)16(2,3)4/h9-10,13,17H,7-8H2,1-6H3. The summed E-state index contributed by atoms with van der Waals surface area (Å²) in [5, 5.41) is 11.3. The van der Waals surface area contributed by atoms with Gasteiger partial charge in [0.15, 0.2) is 0 Å². The Balaban J connectivity index is 2.21. The van der Waals surface area contributed by atoms with Gasteiger partial charge in [-0.2, -0.15) is 5.10 Å². The van der Waals surface area contributed by atoms with Gasteiger partial charge >= 0.3 is 0 Å². The highest BCUT2D eigenvalue weighted by Crippen LogP contribution is 2.27. The van der Waals surface area contributed by atoms with Crippen molar-refractivity contribution in [3.63, 3.8) is 0 Å². The van der Waals surface area contributed by atoms with Crippen molar-refractivity contribution in [2.45, 2.75) is 52.0 Å². The van der Waals surface area contributed by atoms with Gasteiger partial charge in [0.1, 0.15) is 0 Å². The largest absolute Gasteiger partial charge is 0.313 e. The van der Waals surface area contributed by atoms with Crippen LogP contribution in [0.15, 0.2) is 11.6 Å². The van der Waals surface area contributed by atoms with Gasteiger partial charge in [0.05, 0.1) is 16.4 Å². The van der Waals surface area contributed by atoms with E-state index in [9.17, 15) is 0 Å². The molecule has 1 N–H and O–H groups in total. The van der Waals surface area contributed by atoms with Crippen molar-refractivity contribution in [3.8, 4) is 0 Å². The number of aromatic nitrogens is 3. The SMILES string of the molecule is CCc1nn(C)cc1C(Cc1nc(C(C)(C)C)cs1)NC. The summed E-state index contributed by atoms with van der Waals surface area (Å²) < 4.78 is 1.90. The molecule has 0 amide bonds. The third-order valence-electron chi connectivity index (χ3n) is 3.70. The average Bonchev–Trinajstić information content (AvgIpc) is 3.01. The fourth-order valence-corrected chi connectivity index (χ4v) is 3.48. The summed E-state index contributed by atoms with van der Waals surface area (Å²) in [5.41, 5.74) is 3.76. The van der Waals surface area contributed by atoms with E-state index in [1.807, 2.05) is 18.8 Å². The molecule has 0 spiro atoms. The van der Waals surface area contributed by atoms with Gasteiger partial charge in [-0.05, 0) is 13.5 Å². The van der Waals surface area contributed by atoms with Crippen LogP contribution in [0.25, 0.3) is 0 Å². The second kappa shape index (κ2) is 6.28. The number of thiazole rings is 1. The summed E-state index contributed by atoms with van der Waals surface area (Å²) in [7, 11) is 3.99. The van der Waals surface area contributed by atoms with Gasteiger partial charge in [0.2, 0.25) is 0 Å². The number of aryl methyl sites for hydroxylation is 2. The van der Waals surface area contributed by atoms with E-state index in [0.29, 0.717) is 0 Å². The molecule has 0 radical (unpaired) electrons. The second-order valence-electron chi connectivity index (χ2n) is 6.48. The van der Waals surface area contributed by atoms with Crippen LogP contribution in [0.2, 0.25) is 0 Å². The molecule has 0 saturated carbocycles. The van der Waals surface area contributed by atoms with Gasteiger partial charge in [-0.3, -0.25) is 4.68 Å². The van der Waals surface area contributed by atoms with E-state index in [4.69, 9.17) is 4.98 Å². The van der Waals surface area contributed by atoms with Crippen molar-refractivity contribution in [2.75, 3.05) is 7.05 Å². The van der Waals surface area contributed by atoms with Crippen molar-refractivity contribution in [1.29, 1.82) is 0 Å². The van der Waals surface area contributed by atoms with Gasteiger partial charge in [-0.15, -0.1) is 11.3 Å². The molecule has 116 valence electrons. The zero-order valence-electron chi connectivity index (χ0n) is 13.9. The lowest BCUT2D eigenvalue weighted by Gasteiger charge is -2.16. The Hall–Kier alpha value is -1.20. The second-order valence-corrected chi connectivity index (χ2v) is 7.42. The molecule has 0 aliphatic rings. The Bertz CT molecular complexity index is 592. The zero-order chi connectivity index (χ0) is 15.6. The molecule has 21 heavy (non-hydrogen) atoms. The number of nitrogens with zero attached hydrogens (tertiary/aromatic N) is 3. The molecule has 0 fully saturated rings. The summed E-state index contributed by atoms with van der Waals surface area (Å²) >= 11 is 1.76. The summed E-state index contributed by atoms with van der Waals surface area (Å²) in [6, 6.07) is 0.271. The molecule has 0 saturated heterocycles.